The molecule has 0 bridgehead atoms. The molecule has 4 nitrogen and oxygen atoms in total. The van der Waals surface area contributed by atoms with Crippen molar-refractivity contribution in [3.05, 3.63) is 66.5 Å². The second-order valence-electron chi connectivity index (χ2n) is 4.74. The van der Waals surface area contributed by atoms with Crippen LogP contribution in [0.1, 0.15) is 6.42 Å². The molecule has 0 saturated carbocycles. The number of rotatable bonds is 4. The Morgan fingerprint density at radius 2 is 2.00 bits per heavy atom. The van der Waals surface area contributed by atoms with E-state index in [0.717, 1.165) is 22.3 Å². The van der Waals surface area contributed by atoms with E-state index < -0.39 is 11.3 Å². The zero-order valence-corrected chi connectivity index (χ0v) is 12.0. The number of hydrogen-bond donors (Lipinski definition) is 1. The minimum Gasteiger partial charge on any atom is -0.760 e. The van der Waals surface area contributed by atoms with Crippen molar-refractivity contribution >= 4 is 22.0 Å². The van der Waals surface area contributed by atoms with Crippen molar-refractivity contribution in [2.45, 2.75) is 12.5 Å². The number of ether oxygens (including phenoxy) is 1. The van der Waals surface area contributed by atoms with E-state index >= 15 is 0 Å². The summed E-state index contributed by atoms with van der Waals surface area (Å²) >= 11 is -2.25. The lowest BCUT2D eigenvalue weighted by atomic mass is 10.1. The predicted molar refractivity (Wildman–Crippen MR) is 82.3 cm³/mol. The van der Waals surface area contributed by atoms with Crippen LogP contribution in [0.3, 0.4) is 0 Å². The first-order valence-corrected chi connectivity index (χ1v) is 7.69. The quantitative estimate of drug-likeness (QED) is 0.883. The van der Waals surface area contributed by atoms with Gasteiger partial charge in [0.2, 0.25) is 0 Å². The molecule has 1 aliphatic rings. The van der Waals surface area contributed by atoms with Gasteiger partial charge < -0.3 is 9.29 Å². The summed E-state index contributed by atoms with van der Waals surface area (Å²) in [5, 5.41) is 2.17. The van der Waals surface area contributed by atoms with Gasteiger partial charge in [-0.2, -0.15) is 0 Å². The molecule has 0 saturated heterocycles. The third-order valence-corrected chi connectivity index (χ3v) is 3.79. The molecule has 0 fully saturated rings. The molecule has 0 aliphatic heterocycles. The van der Waals surface area contributed by atoms with Crippen LogP contribution in [0.5, 0.6) is 5.75 Å². The molecule has 2 aromatic carbocycles. The van der Waals surface area contributed by atoms with E-state index in [1.54, 1.807) is 12.2 Å². The van der Waals surface area contributed by atoms with Crippen LogP contribution in [0.4, 0.5) is 0 Å². The Kier molecular flexibility index (Phi) is 4.15. The van der Waals surface area contributed by atoms with E-state index in [2.05, 4.69) is 4.72 Å². The lowest BCUT2D eigenvalue weighted by Gasteiger charge is -2.19. The van der Waals surface area contributed by atoms with Gasteiger partial charge in [-0.1, -0.05) is 42.5 Å². The van der Waals surface area contributed by atoms with Crippen LogP contribution in [-0.2, 0) is 11.3 Å². The topological polar surface area (TPSA) is 61.4 Å². The Morgan fingerprint density at radius 1 is 1.19 bits per heavy atom. The van der Waals surface area contributed by atoms with Crippen LogP contribution < -0.4 is 9.46 Å². The van der Waals surface area contributed by atoms with E-state index in [1.165, 1.54) is 0 Å². The Morgan fingerprint density at radius 3 is 2.76 bits per heavy atom. The number of hydrogen-bond acceptors (Lipinski definition) is 3. The van der Waals surface area contributed by atoms with Gasteiger partial charge in [-0.3, -0.25) is 4.21 Å². The van der Waals surface area contributed by atoms with Crippen LogP contribution in [0, 0.1) is 0 Å². The van der Waals surface area contributed by atoms with Crippen LogP contribution in [-0.4, -0.2) is 14.8 Å². The third kappa shape index (κ3) is 3.39. The van der Waals surface area contributed by atoms with Crippen molar-refractivity contribution in [1.29, 1.82) is 0 Å². The van der Waals surface area contributed by atoms with Crippen molar-refractivity contribution in [2.75, 3.05) is 0 Å². The summed E-state index contributed by atoms with van der Waals surface area (Å²) in [6, 6.07) is 13.7. The van der Waals surface area contributed by atoms with Gasteiger partial charge in [0, 0.05) is 22.7 Å². The Balaban J connectivity index is 1.77. The molecule has 0 radical (unpaired) electrons. The maximum absolute atomic E-state index is 10.6. The first kappa shape index (κ1) is 14.0. The summed E-state index contributed by atoms with van der Waals surface area (Å²) in [5.41, 5.74) is 0. The molecule has 2 unspecified atom stereocenters. The second kappa shape index (κ2) is 6.22. The first-order chi connectivity index (χ1) is 10.2. The molecule has 0 spiro atoms. The smallest absolute Gasteiger partial charge is 0.135 e. The van der Waals surface area contributed by atoms with Crippen molar-refractivity contribution in [3.63, 3.8) is 0 Å². The average molecular weight is 300 g/mol. The van der Waals surface area contributed by atoms with Gasteiger partial charge in [0.25, 0.3) is 0 Å². The zero-order chi connectivity index (χ0) is 14.7. The Labute approximate surface area is 125 Å². The van der Waals surface area contributed by atoms with Gasteiger partial charge in [0.15, 0.2) is 0 Å². The SMILES string of the molecule is O=S([O-])NC1C=CC(Oc2cccc3ccccc23)=CC1. The van der Waals surface area contributed by atoms with Crippen molar-refractivity contribution < 1.29 is 13.5 Å². The highest BCUT2D eigenvalue weighted by Crippen LogP contribution is 2.27. The Hall–Kier alpha value is -1.95. The molecule has 1 N–H and O–H groups in total. The molecule has 5 heteroatoms. The molecular formula is C16H14NO3S-. The lowest BCUT2D eigenvalue weighted by Crippen LogP contribution is -2.29. The van der Waals surface area contributed by atoms with E-state index in [-0.39, 0.29) is 6.04 Å². The summed E-state index contributed by atoms with van der Waals surface area (Å²) in [4.78, 5) is 0. The number of fused-ring (bicyclic) bond motifs is 1. The van der Waals surface area contributed by atoms with Crippen LogP contribution >= 0.6 is 0 Å². The summed E-state index contributed by atoms with van der Waals surface area (Å²) < 4.78 is 29.5. The summed E-state index contributed by atoms with van der Waals surface area (Å²) in [5.74, 6) is 1.52. The second-order valence-corrected chi connectivity index (χ2v) is 5.44. The molecular weight excluding hydrogens is 286 g/mol. The fourth-order valence-corrected chi connectivity index (χ4v) is 2.72. The van der Waals surface area contributed by atoms with Gasteiger partial charge in [0.05, 0.1) is 0 Å². The molecule has 0 aromatic heterocycles. The fourth-order valence-electron chi connectivity index (χ4n) is 2.30. The highest BCUT2D eigenvalue weighted by atomic mass is 32.2. The van der Waals surface area contributed by atoms with Gasteiger partial charge in [-0.05, 0) is 30.0 Å². The minimum absolute atomic E-state index is 0.205. The molecule has 0 heterocycles. The minimum atomic E-state index is -2.25. The normalized spacial score (nSPS) is 19.3. The van der Waals surface area contributed by atoms with Gasteiger partial charge in [-0.25, -0.2) is 4.72 Å². The van der Waals surface area contributed by atoms with Crippen molar-refractivity contribution in [3.8, 4) is 5.75 Å². The zero-order valence-electron chi connectivity index (χ0n) is 11.2. The predicted octanol–water partition coefficient (Wildman–Crippen LogP) is 2.81. The number of nitrogens with one attached hydrogen (secondary N) is 1. The molecule has 21 heavy (non-hydrogen) atoms. The number of benzene rings is 2. The number of allylic oxidation sites excluding steroid dienone is 1. The van der Waals surface area contributed by atoms with Crippen LogP contribution in [0.25, 0.3) is 10.8 Å². The van der Waals surface area contributed by atoms with Crippen molar-refractivity contribution in [2.24, 2.45) is 0 Å². The first-order valence-electron chi connectivity index (χ1n) is 6.62. The highest BCUT2D eigenvalue weighted by molar-refractivity contribution is 7.77. The summed E-state index contributed by atoms with van der Waals surface area (Å²) in [6.07, 6.45) is 6.03. The fraction of sp³-hybridized carbons (Fsp3) is 0.125. The van der Waals surface area contributed by atoms with Gasteiger partial charge >= 0.3 is 0 Å². The van der Waals surface area contributed by atoms with Gasteiger partial charge in [-0.15, -0.1) is 0 Å². The monoisotopic (exact) mass is 300 g/mol. The molecule has 108 valence electrons. The Bertz CT molecular complexity index is 734. The van der Waals surface area contributed by atoms with Crippen LogP contribution in [0.15, 0.2) is 66.5 Å². The van der Waals surface area contributed by atoms with Crippen LogP contribution in [0.2, 0.25) is 0 Å². The average Bonchev–Trinajstić information content (AvgIpc) is 2.49. The van der Waals surface area contributed by atoms with E-state index in [0.29, 0.717) is 6.42 Å². The van der Waals surface area contributed by atoms with E-state index in [9.17, 15) is 8.76 Å². The van der Waals surface area contributed by atoms with Gasteiger partial charge in [0.1, 0.15) is 11.5 Å². The maximum atomic E-state index is 10.6. The summed E-state index contributed by atoms with van der Waals surface area (Å²) in [7, 11) is 0. The maximum Gasteiger partial charge on any atom is 0.135 e. The summed E-state index contributed by atoms with van der Waals surface area (Å²) in [6.45, 7) is 0. The van der Waals surface area contributed by atoms with Crippen molar-refractivity contribution in [1.82, 2.24) is 4.72 Å². The third-order valence-electron chi connectivity index (χ3n) is 3.29. The molecule has 0 amide bonds. The van der Waals surface area contributed by atoms with E-state index in [1.807, 2.05) is 48.5 Å². The standard InChI is InChI=1S/C16H15NO3S/c18-21(19)17-13-8-10-14(11-9-13)20-16-7-3-5-12-4-1-2-6-15(12)16/h1-8,10-11,13,17H,9H2,(H,18,19)/p-1. The molecule has 2 atom stereocenters. The molecule has 2 aromatic rings. The lowest BCUT2D eigenvalue weighted by molar-refractivity contribution is 0.440. The molecule has 3 rings (SSSR count). The highest BCUT2D eigenvalue weighted by Gasteiger charge is 2.10. The molecule has 1 aliphatic carbocycles. The van der Waals surface area contributed by atoms with E-state index in [4.69, 9.17) is 4.74 Å². The largest absolute Gasteiger partial charge is 0.760 e.